The minimum atomic E-state index is -1.03. The van der Waals surface area contributed by atoms with Crippen LogP contribution in [0, 0.1) is 17.8 Å². The van der Waals surface area contributed by atoms with E-state index >= 15 is 0 Å². The molecular weight excluding hydrogens is 378 g/mol. The van der Waals surface area contributed by atoms with Crippen molar-refractivity contribution in [2.75, 3.05) is 13.1 Å². The van der Waals surface area contributed by atoms with Crippen molar-refractivity contribution in [3.8, 4) is 0 Å². The van der Waals surface area contributed by atoms with Gasteiger partial charge < -0.3 is 21.9 Å². The summed E-state index contributed by atoms with van der Waals surface area (Å²) in [7, 11) is 0. The zero-order valence-corrected chi connectivity index (χ0v) is 17.7. The lowest BCUT2D eigenvalue weighted by Gasteiger charge is -2.25. The molecule has 28 heavy (non-hydrogen) atoms. The fourth-order valence-corrected chi connectivity index (χ4v) is 3.75. The van der Waals surface area contributed by atoms with Crippen molar-refractivity contribution in [2.24, 2.45) is 29.2 Å². The Hall–Kier alpha value is -1.61. The zero-order valence-electron chi connectivity index (χ0n) is 16.9. The van der Waals surface area contributed by atoms with Crippen LogP contribution in [0.1, 0.15) is 39.2 Å². The topological polar surface area (TPSA) is 136 Å². The molecule has 0 saturated carbocycles. The zero-order chi connectivity index (χ0) is 21.3. The van der Waals surface area contributed by atoms with E-state index in [1.807, 2.05) is 16.8 Å². The van der Waals surface area contributed by atoms with Crippen LogP contribution in [0.25, 0.3) is 0 Å². The third kappa shape index (κ3) is 7.43. The highest BCUT2D eigenvalue weighted by Crippen LogP contribution is 2.21. The molecule has 1 amide bonds. The number of aliphatic hydroxyl groups excluding tert-OH is 1. The third-order valence-corrected chi connectivity index (χ3v) is 5.57. The van der Waals surface area contributed by atoms with Gasteiger partial charge in [-0.3, -0.25) is 14.4 Å². The quantitative estimate of drug-likeness (QED) is 0.380. The van der Waals surface area contributed by atoms with Crippen molar-refractivity contribution in [2.45, 2.75) is 52.2 Å². The summed E-state index contributed by atoms with van der Waals surface area (Å²) in [4.78, 5) is 37.7. The van der Waals surface area contributed by atoms with Gasteiger partial charge >= 0.3 is 0 Å². The molecule has 0 bridgehead atoms. The molecule has 0 aliphatic carbocycles. The number of nitrogens with one attached hydrogen (secondary N) is 1. The number of carbonyl (C=O) groups is 3. The van der Waals surface area contributed by atoms with Crippen molar-refractivity contribution in [1.82, 2.24) is 5.32 Å². The Kier molecular flexibility index (Phi) is 10.5. The highest BCUT2D eigenvalue weighted by atomic mass is 32.1. The van der Waals surface area contributed by atoms with Crippen LogP contribution >= 0.6 is 11.3 Å². The van der Waals surface area contributed by atoms with E-state index in [4.69, 9.17) is 11.5 Å². The molecule has 7 nitrogen and oxygen atoms in total. The van der Waals surface area contributed by atoms with E-state index in [0.29, 0.717) is 19.4 Å². The Labute approximate surface area is 170 Å². The maximum Gasteiger partial charge on any atom is 0.226 e. The summed E-state index contributed by atoms with van der Waals surface area (Å²) in [5.41, 5.74) is 12.3. The minimum absolute atomic E-state index is 0.0306. The van der Waals surface area contributed by atoms with Crippen LogP contribution < -0.4 is 16.8 Å². The number of Topliss-reactive ketones (excluding diaryl/α,β-unsaturated/α-hetero) is 2. The summed E-state index contributed by atoms with van der Waals surface area (Å²) in [5.74, 6) is -2.35. The van der Waals surface area contributed by atoms with Gasteiger partial charge in [-0.25, -0.2) is 0 Å². The first kappa shape index (κ1) is 24.4. The summed E-state index contributed by atoms with van der Waals surface area (Å²) in [6.07, 6.45) is -0.0626. The second kappa shape index (κ2) is 12.1. The lowest BCUT2D eigenvalue weighted by atomic mass is 9.86. The van der Waals surface area contributed by atoms with Gasteiger partial charge in [-0.2, -0.15) is 11.3 Å². The molecule has 0 spiro atoms. The van der Waals surface area contributed by atoms with Crippen LogP contribution in [0.5, 0.6) is 0 Å². The Morgan fingerprint density at radius 2 is 1.89 bits per heavy atom. The second-order valence-corrected chi connectivity index (χ2v) is 8.26. The monoisotopic (exact) mass is 411 g/mol. The van der Waals surface area contributed by atoms with Crippen molar-refractivity contribution in [3.63, 3.8) is 0 Å². The molecule has 0 radical (unpaired) electrons. The summed E-state index contributed by atoms with van der Waals surface area (Å²) in [6.45, 7) is 5.26. The van der Waals surface area contributed by atoms with Gasteiger partial charge in [-0.1, -0.05) is 13.8 Å². The number of hydrogen-bond donors (Lipinski definition) is 4. The van der Waals surface area contributed by atoms with Crippen LogP contribution in [0.4, 0.5) is 0 Å². The Morgan fingerprint density at radius 1 is 1.21 bits per heavy atom. The van der Waals surface area contributed by atoms with Gasteiger partial charge in [0.05, 0.1) is 18.1 Å². The van der Waals surface area contributed by atoms with E-state index in [2.05, 4.69) is 5.32 Å². The van der Waals surface area contributed by atoms with E-state index < -0.39 is 24.0 Å². The summed E-state index contributed by atoms with van der Waals surface area (Å²) >= 11 is 1.56. The first-order valence-corrected chi connectivity index (χ1v) is 10.6. The standard InChI is InChI=1S/C20H33N3O4S/c1-12(2)19(26)17(10-22)23-20(27)16(13(3)24)9-18(25)15(4-6-21)8-14-5-7-28-11-14/h5,7,11-13,15-17,24H,4,6,8-10,21-22H2,1-3H3,(H,23,27)/t13?,15?,16-,17-/m0/s1. The molecule has 0 aromatic carbocycles. The largest absolute Gasteiger partial charge is 0.393 e. The van der Waals surface area contributed by atoms with Crippen molar-refractivity contribution < 1.29 is 19.5 Å². The average Bonchev–Trinajstić information content (AvgIpc) is 3.15. The van der Waals surface area contributed by atoms with E-state index in [9.17, 15) is 19.5 Å². The Bertz CT molecular complexity index is 631. The lowest BCUT2D eigenvalue weighted by Crippen LogP contribution is -2.51. The Morgan fingerprint density at radius 3 is 2.36 bits per heavy atom. The van der Waals surface area contributed by atoms with Gasteiger partial charge in [0.2, 0.25) is 5.91 Å². The molecule has 4 atom stereocenters. The average molecular weight is 412 g/mol. The predicted molar refractivity (Wildman–Crippen MR) is 111 cm³/mol. The predicted octanol–water partition coefficient (Wildman–Crippen LogP) is 0.880. The molecule has 1 aromatic heterocycles. The maximum atomic E-state index is 12.8. The van der Waals surface area contributed by atoms with Crippen molar-refractivity contribution in [1.29, 1.82) is 0 Å². The molecule has 1 heterocycles. The van der Waals surface area contributed by atoms with E-state index in [0.717, 1.165) is 5.56 Å². The van der Waals surface area contributed by atoms with Gasteiger partial charge in [0.1, 0.15) is 5.78 Å². The van der Waals surface area contributed by atoms with Gasteiger partial charge in [-0.05, 0) is 48.7 Å². The number of hydrogen-bond acceptors (Lipinski definition) is 7. The van der Waals surface area contributed by atoms with E-state index in [1.165, 1.54) is 6.92 Å². The SMILES string of the molecule is CC(C)C(=O)[C@H](CN)NC(=O)[C@@H](CC(=O)C(CCN)Cc1ccsc1)C(C)O. The fraction of sp³-hybridized carbons (Fsp3) is 0.650. The van der Waals surface area contributed by atoms with Crippen molar-refractivity contribution >= 4 is 28.8 Å². The van der Waals surface area contributed by atoms with Crippen LogP contribution in [0.3, 0.4) is 0 Å². The molecule has 6 N–H and O–H groups in total. The molecule has 0 aliphatic heterocycles. The number of ketones is 2. The number of rotatable bonds is 13. The molecule has 1 aromatic rings. The maximum absolute atomic E-state index is 12.8. The van der Waals surface area contributed by atoms with E-state index in [-0.39, 0.29) is 36.4 Å². The Balaban J connectivity index is 2.84. The molecular formula is C20H33N3O4S. The number of aliphatic hydroxyl groups is 1. The number of carbonyl (C=O) groups excluding carboxylic acids is 3. The van der Waals surface area contributed by atoms with Crippen LogP contribution in [-0.2, 0) is 20.8 Å². The highest BCUT2D eigenvalue weighted by molar-refractivity contribution is 7.07. The summed E-state index contributed by atoms with van der Waals surface area (Å²) in [5, 5.41) is 16.6. The normalized spacial score (nSPS) is 15.7. The van der Waals surface area contributed by atoms with Gasteiger partial charge in [0, 0.05) is 24.8 Å². The molecule has 2 unspecified atom stereocenters. The minimum Gasteiger partial charge on any atom is -0.393 e. The van der Waals surface area contributed by atoms with Crippen LogP contribution in [0.2, 0.25) is 0 Å². The molecule has 158 valence electrons. The number of amides is 1. The number of nitrogens with two attached hydrogens (primary N) is 2. The van der Waals surface area contributed by atoms with E-state index in [1.54, 1.807) is 25.2 Å². The van der Waals surface area contributed by atoms with Gasteiger partial charge in [0.25, 0.3) is 0 Å². The first-order valence-electron chi connectivity index (χ1n) is 9.67. The fourth-order valence-electron chi connectivity index (χ4n) is 3.06. The number of thiophene rings is 1. The molecule has 0 fully saturated rings. The lowest BCUT2D eigenvalue weighted by molar-refractivity contribution is -0.136. The summed E-state index contributed by atoms with van der Waals surface area (Å²) in [6, 6.07) is 1.14. The highest BCUT2D eigenvalue weighted by Gasteiger charge is 2.32. The first-order chi connectivity index (χ1) is 13.2. The van der Waals surface area contributed by atoms with Gasteiger partial charge in [-0.15, -0.1) is 0 Å². The second-order valence-electron chi connectivity index (χ2n) is 7.48. The van der Waals surface area contributed by atoms with Gasteiger partial charge in [0.15, 0.2) is 5.78 Å². The summed E-state index contributed by atoms with van der Waals surface area (Å²) < 4.78 is 0. The van der Waals surface area contributed by atoms with Crippen molar-refractivity contribution in [3.05, 3.63) is 22.4 Å². The molecule has 0 aliphatic rings. The smallest absolute Gasteiger partial charge is 0.226 e. The molecule has 0 saturated heterocycles. The molecule has 1 rings (SSSR count). The third-order valence-electron chi connectivity index (χ3n) is 4.84. The molecule has 8 heteroatoms. The van der Waals surface area contributed by atoms with Crippen LogP contribution in [0.15, 0.2) is 16.8 Å². The van der Waals surface area contributed by atoms with Crippen LogP contribution in [-0.4, -0.2) is 47.8 Å².